The molecule has 0 aliphatic heterocycles. The van der Waals surface area contributed by atoms with Gasteiger partial charge in [-0.15, -0.1) is 0 Å². The van der Waals surface area contributed by atoms with Crippen LogP contribution in [0.5, 0.6) is 0 Å². The zero-order valence-electron chi connectivity index (χ0n) is 19.8. The highest BCUT2D eigenvalue weighted by Crippen LogP contribution is 2.22. The van der Waals surface area contributed by atoms with E-state index in [1.165, 1.54) is 32.1 Å². The third-order valence-corrected chi connectivity index (χ3v) is 5.45. The van der Waals surface area contributed by atoms with E-state index in [4.69, 9.17) is 0 Å². The highest BCUT2D eigenvalue weighted by molar-refractivity contribution is 5.75. The second-order valence-corrected chi connectivity index (χ2v) is 8.26. The van der Waals surface area contributed by atoms with Gasteiger partial charge in [0.15, 0.2) is 0 Å². The van der Waals surface area contributed by atoms with Gasteiger partial charge in [0.25, 0.3) is 0 Å². The average Bonchev–Trinajstić information content (AvgIpc) is 2.80. The molecule has 1 aliphatic carbocycles. The molecule has 172 valence electrons. The van der Waals surface area contributed by atoms with Crippen molar-refractivity contribution in [1.29, 1.82) is 0 Å². The Morgan fingerprint density at radius 2 is 1.13 bits per heavy atom. The molecule has 0 bridgehead atoms. The molecule has 0 aromatic rings. The normalized spacial score (nSPS) is 16.3. The Labute approximate surface area is 192 Å². The third kappa shape index (κ3) is 18.4. The topological polar surface area (TPSA) is 29.1 Å². The lowest BCUT2D eigenvalue weighted by molar-refractivity contribution is -0.121. The van der Waals surface area contributed by atoms with Crippen LogP contribution in [-0.2, 0) is 4.79 Å². The zero-order valence-corrected chi connectivity index (χ0v) is 19.8. The van der Waals surface area contributed by atoms with Crippen LogP contribution in [0.2, 0.25) is 0 Å². The number of rotatable bonds is 16. The standard InChI is InChI=1S/C29H45NO/c1-2-3-4-5-6-7-8-9-10-11-12-13-14-15-16-17-18-19-23-26-29(31)30-27-28-24-21-20-22-25-28/h3-4,6-7,9-10,12-13,15-16,18-19,28H,2,5,8,11,14,17,20-27H2,1H3,(H,30,31). The van der Waals surface area contributed by atoms with Crippen molar-refractivity contribution >= 4 is 5.91 Å². The zero-order chi connectivity index (χ0) is 22.2. The van der Waals surface area contributed by atoms with Crippen molar-refractivity contribution in [3.63, 3.8) is 0 Å². The lowest BCUT2D eigenvalue weighted by Gasteiger charge is -2.21. The summed E-state index contributed by atoms with van der Waals surface area (Å²) in [5, 5.41) is 3.11. The first-order valence-electron chi connectivity index (χ1n) is 12.5. The van der Waals surface area contributed by atoms with E-state index < -0.39 is 0 Å². The Morgan fingerprint density at radius 1 is 0.677 bits per heavy atom. The van der Waals surface area contributed by atoms with Crippen molar-refractivity contribution in [3.8, 4) is 0 Å². The van der Waals surface area contributed by atoms with Gasteiger partial charge in [-0.3, -0.25) is 4.79 Å². The average molecular weight is 424 g/mol. The molecule has 2 nitrogen and oxygen atoms in total. The largest absolute Gasteiger partial charge is 0.356 e. The summed E-state index contributed by atoms with van der Waals surface area (Å²) >= 11 is 0. The molecule has 1 amide bonds. The van der Waals surface area contributed by atoms with Gasteiger partial charge in [-0.25, -0.2) is 0 Å². The maximum absolute atomic E-state index is 11.9. The van der Waals surface area contributed by atoms with Gasteiger partial charge < -0.3 is 5.32 Å². The quantitative estimate of drug-likeness (QED) is 0.249. The molecule has 0 heterocycles. The summed E-state index contributed by atoms with van der Waals surface area (Å²) in [6.45, 7) is 3.04. The van der Waals surface area contributed by atoms with E-state index in [-0.39, 0.29) is 5.91 Å². The summed E-state index contributed by atoms with van der Waals surface area (Å²) in [5.41, 5.74) is 0. The number of allylic oxidation sites excluding steroid dienone is 12. The van der Waals surface area contributed by atoms with Gasteiger partial charge >= 0.3 is 0 Å². The molecule has 0 aromatic carbocycles. The van der Waals surface area contributed by atoms with Gasteiger partial charge in [0.1, 0.15) is 0 Å². The first-order chi connectivity index (χ1) is 15.3. The lowest BCUT2D eigenvalue weighted by atomic mass is 9.89. The van der Waals surface area contributed by atoms with E-state index in [0.29, 0.717) is 12.3 Å². The molecule has 1 saturated carbocycles. The Bertz CT molecular complexity index is 600. The van der Waals surface area contributed by atoms with Gasteiger partial charge in [0, 0.05) is 13.0 Å². The van der Waals surface area contributed by atoms with Gasteiger partial charge in [0.05, 0.1) is 0 Å². The lowest BCUT2D eigenvalue weighted by Crippen LogP contribution is -2.29. The second-order valence-electron chi connectivity index (χ2n) is 8.26. The summed E-state index contributed by atoms with van der Waals surface area (Å²) in [6.07, 6.45) is 40.6. The Morgan fingerprint density at radius 3 is 1.61 bits per heavy atom. The molecule has 0 saturated heterocycles. The van der Waals surface area contributed by atoms with Gasteiger partial charge in [-0.05, 0) is 63.7 Å². The summed E-state index contributed by atoms with van der Waals surface area (Å²) in [6, 6.07) is 0. The smallest absolute Gasteiger partial charge is 0.220 e. The Balaban J connectivity index is 1.93. The summed E-state index contributed by atoms with van der Waals surface area (Å²) < 4.78 is 0. The van der Waals surface area contributed by atoms with Crippen LogP contribution in [0.3, 0.4) is 0 Å². The highest BCUT2D eigenvalue weighted by Gasteiger charge is 2.13. The van der Waals surface area contributed by atoms with E-state index in [1.807, 2.05) is 0 Å². The molecule has 31 heavy (non-hydrogen) atoms. The van der Waals surface area contributed by atoms with Crippen molar-refractivity contribution in [1.82, 2.24) is 5.32 Å². The van der Waals surface area contributed by atoms with Crippen molar-refractivity contribution in [3.05, 3.63) is 72.9 Å². The molecule has 1 aliphatic rings. The third-order valence-electron chi connectivity index (χ3n) is 5.45. The molecule has 0 radical (unpaired) electrons. The van der Waals surface area contributed by atoms with E-state index >= 15 is 0 Å². The van der Waals surface area contributed by atoms with Crippen LogP contribution < -0.4 is 5.32 Å². The van der Waals surface area contributed by atoms with Crippen LogP contribution in [0.4, 0.5) is 0 Å². The number of amides is 1. The molecule has 1 fully saturated rings. The van der Waals surface area contributed by atoms with Crippen LogP contribution in [0.1, 0.15) is 90.4 Å². The fraction of sp³-hybridized carbons (Fsp3) is 0.552. The second kappa shape index (κ2) is 21.2. The highest BCUT2D eigenvalue weighted by atomic mass is 16.1. The van der Waals surface area contributed by atoms with E-state index in [9.17, 15) is 4.79 Å². The monoisotopic (exact) mass is 423 g/mol. The Hall–Kier alpha value is -2.09. The maximum atomic E-state index is 11.9. The van der Waals surface area contributed by atoms with Crippen molar-refractivity contribution in [2.45, 2.75) is 90.4 Å². The van der Waals surface area contributed by atoms with Crippen molar-refractivity contribution in [2.75, 3.05) is 6.54 Å². The molecular weight excluding hydrogens is 378 g/mol. The van der Waals surface area contributed by atoms with Crippen LogP contribution in [0.15, 0.2) is 72.9 Å². The molecular formula is C29H45NO. The van der Waals surface area contributed by atoms with Crippen LogP contribution in [0.25, 0.3) is 0 Å². The number of hydrogen-bond acceptors (Lipinski definition) is 1. The Kier molecular flexibility index (Phi) is 18.4. The fourth-order valence-corrected chi connectivity index (χ4v) is 3.59. The SMILES string of the molecule is CCC=CCC=CCC=CCC=CCC=CCC=CCCC(=O)NCC1CCCCC1. The molecule has 2 heteroatoms. The molecule has 0 aromatic heterocycles. The fourth-order valence-electron chi connectivity index (χ4n) is 3.59. The van der Waals surface area contributed by atoms with Crippen molar-refractivity contribution < 1.29 is 4.79 Å². The number of carbonyl (C=O) groups is 1. The number of hydrogen-bond donors (Lipinski definition) is 1. The van der Waals surface area contributed by atoms with E-state index in [2.05, 4.69) is 85.2 Å². The minimum atomic E-state index is 0.199. The summed E-state index contributed by atoms with van der Waals surface area (Å²) in [7, 11) is 0. The maximum Gasteiger partial charge on any atom is 0.220 e. The predicted octanol–water partition coefficient (Wildman–Crippen LogP) is 8.16. The van der Waals surface area contributed by atoms with Gasteiger partial charge in [-0.1, -0.05) is 99.1 Å². The first-order valence-corrected chi connectivity index (χ1v) is 12.5. The molecule has 1 N–H and O–H groups in total. The van der Waals surface area contributed by atoms with Gasteiger partial charge in [-0.2, -0.15) is 0 Å². The minimum absolute atomic E-state index is 0.199. The predicted molar refractivity (Wildman–Crippen MR) is 137 cm³/mol. The molecule has 0 unspecified atom stereocenters. The number of nitrogens with one attached hydrogen (secondary N) is 1. The van der Waals surface area contributed by atoms with Gasteiger partial charge in [0.2, 0.25) is 5.91 Å². The molecule has 0 atom stereocenters. The van der Waals surface area contributed by atoms with Crippen LogP contribution in [-0.4, -0.2) is 12.5 Å². The first kappa shape index (κ1) is 26.9. The molecule has 1 rings (SSSR count). The summed E-state index contributed by atoms with van der Waals surface area (Å²) in [4.78, 5) is 11.9. The molecule has 0 spiro atoms. The van der Waals surface area contributed by atoms with Crippen LogP contribution in [0, 0.1) is 5.92 Å². The van der Waals surface area contributed by atoms with Crippen molar-refractivity contribution in [2.24, 2.45) is 5.92 Å². The minimum Gasteiger partial charge on any atom is -0.356 e. The summed E-state index contributed by atoms with van der Waals surface area (Å²) in [5.74, 6) is 0.911. The van der Waals surface area contributed by atoms with E-state index in [0.717, 1.165) is 51.5 Å². The van der Waals surface area contributed by atoms with E-state index in [1.54, 1.807) is 0 Å². The van der Waals surface area contributed by atoms with Crippen LogP contribution >= 0.6 is 0 Å². The number of carbonyl (C=O) groups excluding carboxylic acids is 1.